The molecule has 237 valence electrons. The van der Waals surface area contributed by atoms with Crippen molar-refractivity contribution in [2.75, 3.05) is 23.9 Å². The average molecular weight is 638 g/mol. The SMILES string of the molecule is C/C(=N\Nc1ccccn1)C1CC[N-]C2C(O)CCCC12.C/C(=N\Nc1ccccn1)C1CC[N-]C2C(O)CCCC12.[Cu+2]. The molecule has 2 aromatic rings. The van der Waals surface area contributed by atoms with Gasteiger partial charge in [-0.1, -0.05) is 50.7 Å². The van der Waals surface area contributed by atoms with Crippen LogP contribution < -0.4 is 10.9 Å². The van der Waals surface area contributed by atoms with Gasteiger partial charge in [0.1, 0.15) is 11.6 Å². The summed E-state index contributed by atoms with van der Waals surface area (Å²) in [4.78, 5) is 8.43. The van der Waals surface area contributed by atoms with Crippen LogP contribution in [0.2, 0.25) is 0 Å². The molecule has 4 aliphatic rings. The molecular weight excluding hydrogens is 592 g/mol. The second-order valence-corrected chi connectivity index (χ2v) is 12.1. The van der Waals surface area contributed by atoms with Crippen LogP contribution in [0.1, 0.15) is 65.2 Å². The first-order valence-electron chi connectivity index (χ1n) is 15.6. The van der Waals surface area contributed by atoms with Crippen molar-refractivity contribution in [1.29, 1.82) is 0 Å². The molecule has 43 heavy (non-hydrogen) atoms. The van der Waals surface area contributed by atoms with Crippen LogP contribution in [0.4, 0.5) is 11.6 Å². The molecule has 0 aromatic carbocycles. The Kier molecular flexibility index (Phi) is 12.9. The molecule has 6 rings (SSSR count). The summed E-state index contributed by atoms with van der Waals surface area (Å²) < 4.78 is 0. The summed E-state index contributed by atoms with van der Waals surface area (Å²) in [6, 6.07) is 11.7. The van der Waals surface area contributed by atoms with Crippen LogP contribution in [0.5, 0.6) is 0 Å². The molecule has 2 aromatic heterocycles. The predicted molar refractivity (Wildman–Crippen MR) is 169 cm³/mol. The van der Waals surface area contributed by atoms with Crippen molar-refractivity contribution < 1.29 is 27.3 Å². The zero-order valence-corrected chi connectivity index (χ0v) is 26.1. The summed E-state index contributed by atoms with van der Waals surface area (Å²) in [5, 5.41) is 38.6. The quantitative estimate of drug-likeness (QED) is 0.185. The summed E-state index contributed by atoms with van der Waals surface area (Å²) in [7, 11) is 0. The molecule has 2 aliphatic heterocycles. The van der Waals surface area contributed by atoms with Crippen LogP contribution in [0.25, 0.3) is 10.6 Å². The largest absolute Gasteiger partial charge is 2.00 e. The minimum Gasteiger partial charge on any atom is -0.657 e. The van der Waals surface area contributed by atoms with Gasteiger partial charge in [-0.3, -0.25) is 10.9 Å². The minimum atomic E-state index is -0.261. The number of aliphatic hydroxyl groups is 2. The van der Waals surface area contributed by atoms with Gasteiger partial charge in [-0.15, -0.1) is 25.2 Å². The fourth-order valence-corrected chi connectivity index (χ4v) is 7.28. The number of nitrogens with one attached hydrogen (secondary N) is 2. The maximum absolute atomic E-state index is 10.2. The molecule has 4 fully saturated rings. The van der Waals surface area contributed by atoms with Crippen LogP contribution >= 0.6 is 0 Å². The van der Waals surface area contributed by atoms with E-state index in [1.807, 2.05) is 36.4 Å². The normalized spacial score (nSPS) is 32.6. The Labute approximate surface area is 266 Å². The number of piperidine rings is 2. The average Bonchev–Trinajstić information content (AvgIpc) is 3.04. The van der Waals surface area contributed by atoms with Gasteiger partial charge in [0, 0.05) is 36.0 Å². The van der Waals surface area contributed by atoms with E-state index in [2.05, 4.69) is 55.5 Å². The number of aromatic nitrogens is 2. The Hall–Kier alpha value is -2.40. The van der Waals surface area contributed by atoms with Crippen molar-refractivity contribution in [2.45, 2.75) is 89.5 Å². The zero-order chi connectivity index (χ0) is 29.3. The molecule has 0 amide bonds. The smallest absolute Gasteiger partial charge is 0.657 e. The van der Waals surface area contributed by atoms with Gasteiger partial charge in [-0.25, -0.2) is 9.97 Å². The van der Waals surface area contributed by atoms with E-state index in [-0.39, 0.29) is 41.4 Å². The van der Waals surface area contributed by atoms with Gasteiger partial charge in [-0.2, -0.15) is 10.2 Å². The van der Waals surface area contributed by atoms with E-state index < -0.39 is 0 Å². The Bertz CT molecular complexity index is 1080. The first-order valence-corrected chi connectivity index (χ1v) is 15.6. The summed E-state index contributed by atoms with van der Waals surface area (Å²) in [5.41, 5.74) is 8.26. The summed E-state index contributed by atoms with van der Waals surface area (Å²) in [5.74, 6) is 3.24. The molecule has 8 atom stereocenters. The van der Waals surface area contributed by atoms with Gasteiger partial charge in [0.15, 0.2) is 0 Å². The zero-order valence-electron chi connectivity index (χ0n) is 25.2. The van der Waals surface area contributed by atoms with Gasteiger partial charge >= 0.3 is 17.1 Å². The Morgan fingerprint density at radius 1 is 0.698 bits per heavy atom. The molecule has 8 unspecified atom stereocenters. The second kappa shape index (κ2) is 16.6. The van der Waals surface area contributed by atoms with Crippen molar-refractivity contribution in [2.24, 2.45) is 33.9 Å². The number of rotatable bonds is 6. The first-order chi connectivity index (χ1) is 20.5. The van der Waals surface area contributed by atoms with Crippen molar-refractivity contribution in [1.82, 2.24) is 9.97 Å². The monoisotopic (exact) mass is 637 g/mol. The molecule has 4 heterocycles. The Morgan fingerprint density at radius 2 is 1.14 bits per heavy atom. The second-order valence-electron chi connectivity index (χ2n) is 12.1. The first kappa shape index (κ1) is 33.5. The molecule has 0 spiro atoms. The number of nitrogens with zero attached hydrogens (tertiary/aromatic N) is 6. The summed E-state index contributed by atoms with van der Waals surface area (Å²) >= 11 is 0. The van der Waals surface area contributed by atoms with E-state index in [9.17, 15) is 10.2 Å². The van der Waals surface area contributed by atoms with Crippen LogP contribution in [-0.2, 0) is 17.1 Å². The van der Waals surface area contributed by atoms with Gasteiger partial charge in [-0.05, 0) is 74.6 Å². The number of fused-ring (bicyclic) bond motifs is 2. The van der Waals surface area contributed by atoms with Gasteiger partial charge in [0.05, 0.1) is 0 Å². The van der Waals surface area contributed by atoms with Crippen LogP contribution in [-0.4, -0.2) is 69.0 Å². The van der Waals surface area contributed by atoms with Crippen molar-refractivity contribution in [3.8, 4) is 0 Å². The third kappa shape index (κ3) is 8.84. The molecule has 2 aliphatic carbocycles. The van der Waals surface area contributed by atoms with E-state index in [4.69, 9.17) is 0 Å². The van der Waals surface area contributed by atoms with E-state index in [0.717, 1.165) is 87.5 Å². The van der Waals surface area contributed by atoms with Gasteiger partial charge < -0.3 is 20.8 Å². The molecule has 2 saturated carbocycles. The maximum atomic E-state index is 10.2. The number of hydrogen-bond donors (Lipinski definition) is 4. The third-order valence-electron chi connectivity index (χ3n) is 9.43. The number of pyridine rings is 2. The van der Waals surface area contributed by atoms with Crippen LogP contribution in [0.3, 0.4) is 0 Å². The summed E-state index contributed by atoms with van der Waals surface area (Å²) in [6.45, 7) is 5.81. The maximum Gasteiger partial charge on any atom is 2.00 e. The number of hydrazone groups is 2. The Morgan fingerprint density at radius 3 is 1.53 bits per heavy atom. The molecule has 4 N–H and O–H groups in total. The van der Waals surface area contributed by atoms with Crippen molar-refractivity contribution >= 4 is 23.1 Å². The van der Waals surface area contributed by atoms with Gasteiger partial charge in [0.25, 0.3) is 0 Å². The minimum absolute atomic E-state index is 0. The van der Waals surface area contributed by atoms with E-state index in [1.165, 1.54) is 0 Å². The fourth-order valence-electron chi connectivity index (χ4n) is 7.28. The standard InChI is InChI=1S/2C16H23N4O.Cu/c2*1-11(19-20-15-7-2-3-9-17-15)12-8-10-18-16-13(12)5-4-6-14(16)21;/h2*2-3,7,9,12-14,16,21H,4-6,8,10H2,1H3,(H,17,20);/q2*-1;+2/b2*19-11+;. The predicted octanol–water partition coefficient (Wildman–Crippen LogP) is 5.58. The molecule has 0 bridgehead atoms. The Balaban J connectivity index is 0.000000192. The summed E-state index contributed by atoms with van der Waals surface area (Å²) in [6.07, 6.45) is 11.3. The molecule has 11 heteroatoms. The molecule has 2 saturated heterocycles. The molecule has 1 radical (unpaired) electrons. The van der Waals surface area contributed by atoms with E-state index >= 15 is 0 Å². The van der Waals surface area contributed by atoms with Crippen molar-refractivity contribution in [3.05, 3.63) is 59.4 Å². The fraction of sp³-hybridized carbons (Fsp3) is 0.625. The van der Waals surface area contributed by atoms with E-state index in [1.54, 1.807) is 12.4 Å². The number of hydrogen-bond acceptors (Lipinski definition) is 8. The van der Waals surface area contributed by atoms with E-state index in [0.29, 0.717) is 23.7 Å². The van der Waals surface area contributed by atoms with Crippen molar-refractivity contribution in [3.63, 3.8) is 0 Å². The van der Waals surface area contributed by atoms with Crippen LogP contribution in [0.15, 0.2) is 59.0 Å². The van der Waals surface area contributed by atoms with Gasteiger partial charge in [0.2, 0.25) is 0 Å². The third-order valence-corrected chi connectivity index (χ3v) is 9.43. The number of anilines is 2. The topological polar surface area (TPSA) is 143 Å². The number of aliphatic hydroxyl groups excluding tert-OH is 2. The molecule has 10 nitrogen and oxygen atoms in total. The van der Waals surface area contributed by atoms with Crippen LogP contribution in [0, 0.1) is 23.7 Å². The molecular formula is C32H46CuN8O2.